The van der Waals surface area contributed by atoms with Gasteiger partial charge < -0.3 is 9.73 Å². The maximum Gasteiger partial charge on any atom is 0.260 e. The fraction of sp³-hybridized carbons (Fsp3) is 0.375. The van der Waals surface area contributed by atoms with Crippen LogP contribution in [0.5, 0.6) is 0 Å². The first-order valence-corrected chi connectivity index (χ1v) is 11.8. The lowest BCUT2D eigenvalue weighted by atomic mass is 9.98. The number of amides is 2. The van der Waals surface area contributed by atoms with Crippen molar-refractivity contribution in [1.29, 1.82) is 0 Å². The van der Waals surface area contributed by atoms with E-state index in [9.17, 15) is 9.59 Å². The monoisotopic (exact) mass is 452 g/mol. The second kappa shape index (κ2) is 10.1. The molecule has 1 atom stereocenters. The highest BCUT2D eigenvalue weighted by molar-refractivity contribution is 7.14. The average molecular weight is 453 g/mol. The number of aromatic nitrogens is 1. The number of thiazole rings is 1. The van der Waals surface area contributed by atoms with Crippen LogP contribution in [0.25, 0.3) is 0 Å². The summed E-state index contributed by atoms with van der Waals surface area (Å²) in [7, 11) is 0. The predicted octanol–water partition coefficient (Wildman–Crippen LogP) is 3.79. The maximum absolute atomic E-state index is 12.5. The molecule has 2 aromatic heterocycles. The summed E-state index contributed by atoms with van der Waals surface area (Å²) in [6, 6.07) is 10.5. The van der Waals surface area contributed by atoms with Gasteiger partial charge in [-0.1, -0.05) is 31.2 Å². The Labute approximate surface area is 191 Å². The largest absolute Gasteiger partial charge is 0.469 e. The fourth-order valence-corrected chi connectivity index (χ4v) is 4.76. The molecule has 0 radical (unpaired) electrons. The highest BCUT2D eigenvalue weighted by Gasteiger charge is 2.23. The Bertz CT molecular complexity index is 1090. The lowest BCUT2D eigenvalue weighted by Crippen LogP contribution is -2.46. The summed E-state index contributed by atoms with van der Waals surface area (Å²) in [5.74, 6) is 0.228. The minimum absolute atomic E-state index is 0.0604. The zero-order chi connectivity index (χ0) is 22.5. The number of rotatable bonds is 8. The Morgan fingerprint density at radius 2 is 2.06 bits per heavy atom. The van der Waals surface area contributed by atoms with E-state index in [1.165, 1.54) is 28.7 Å². The SMILES string of the molecule is CCC(CNC(=O)Cc1csc(NC(=O)c2ccoc2C)n1)N1CCc2ccccc2C1. The van der Waals surface area contributed by atoms with E-state index in [2.05, 4.69) is 51.7 Å². The van der Waals surface area contributed by atoms with Crippen molar-refractivity contribution >= 4 is 28.3 Å². The zero-order valence-corrected chi connectivity index (χ0v) is 19.2. The predicted molar refractivity (Wildman–Crippen MR) is 125 cm³/mol. The molecule has 8 heteroatoms. The highest BCUT2D eigenvalue weighted by atomic mass is 32.1. The van der Waals surface area contributed by atoms with Gasteiger partial charge in [0.05, 0.1) is 23.9 Å². The molecule has 3 aromatic rings. The molecule has 0 aliphatic carbocycles. The molecule has 0 saturated carbocycles. The molecule has 2 amide bonds. The number of nitrogens with one attached hydrogen (secondary N) is 2. The van der Waals surface area contributed by atoms with Crippen molar-refractivity contribution in [2.24, 2.45) is 0 Å². The standard InChI is InChI=1S/C24H28N4O3S/c1-3-20(28-10-8-17-6-4-5-7-18(17)14-28)13-25-22(29)12-19-15-32-24(26-19)27-23(30)21-9-11-31-16(21)2/h4-7,9,11,15,20H,3,8,10,12-14H2,1-2H3,(H,25,29)(H,26,27,30). The minimum atomic E-state index is -0.268. The Kier molecular flexibility index (Phi) is 7.02. The Hall–Kier alpha value is -2.97. The normalized spacial score (nSPS) is 14.6. The third kappa shape index (κ3) is 5.26. The lowest BCUT2D eigenvalue weighted by Gasteiger charge is -2.35. The van der Waals surface area contributed by atoms with Crippen LogP contribution >= 0.6 is 11.3 Å². The van der Waals surface area contributed by atoms with Crippen LogP contribution in [0.4, 0.5) is 5.13 Å². The van der Waals surface area contributed by atoms with Crippen molar-refractivity contribution in [3.05, 3.63) is 70.1 Å². The molecule has 2 N–H and O–H groups in total. The Morgan fingerprint density at radius 1 is 1.25 bits per heavy atom. The quantitative estimate of drug-likeness (QED) is 0.543. The number of hydrogen-bond acceptors (Lipinski definition) is 6. The van der Waals surface area contributed by atoms with Crippen molar-refractivity contribution < 1.29 is 14.0 Å². The fourth-order valence-electron chi connectivity index (χ4n) is 4.05. The van der Waals surface area contributed by atoms with E-state index in [4.69, 9.17) is 4.42 Å². The number of carbonyl (C=O) groups excluding carboxylic acids is 2. The van der Waals surface area contributed by atoms with Crippen LogP contribution in [-0.2, 0) is 24.2 Å². The Balaban J connectivity index is 1.27. The van der Waals surface area contributed by atoms with E-state index in [-0.39, 0.29) is 18.2 Å². The molecule has 0 fully saturated rings. The number of nitrogens with zero attached hydrogens (tertiary/aromatic N) is 2. The average Bonchev–Trinajstić information content (AvgIpc) is 3.42. The van der Waals surface area contributed by atoms with Gasteiger partial charge in [-0.05, 0) is 37.0 Å². The molecule has 32 heavy (non-hydrogen) atoms. The van der Waals surface area contributed by atoms with Gasteiger partial charge in [-0.15, -0.1) is 11.3 Å². The number of fused-ring (bicyclic) bond motifs is 1. The summed E-state index contributed by atoms with van der Waals surface area (Å²) in [5, 5.41) is 8.10. The van der Waals surface area contributed by atoms with Crippen LogP contribution in [0.2, 0.25) is 0 Å². The van der Waals surface area contributed by atoms with Crippen molar-refractivity contribution in [3.63, 3.8) is 0 Å². The molecule has 7 nitrogen and oxygen atoms in total. The van der Waals surface area contributed by atoms with Gasteiger partial charge in [0, 0.05) is 31.1 Å². The number of carbonyl (C=O) groups is 2. The molecule has 1 aliphatic rings. The summed E-state index contributed by atoms with van der Waals surface area (Å²) in [6.07, 6.45) is 3.69. The van der Waals surface area contributed by atoms with Gasteiger partial charge in [0.25, 0.3) is 5.91 Å². The highest BCUT2D eigenvalue weighted by Crippen LogP contribution is 2.21. The van der Waals surface area contributed by atoms with Crippen molar-refractivity contribution in [1.82, 2.24) is 15.2 Å². The first kappa shape index (κ1) is 22.2. The van der Waals surface area contributed by atoms with Gasteiger partial charge in [0.1, 0.15) is 5.76 Å². The molecule has 1 aliphatic heterocycles. The smallest absolute Gasteiger partial charge is 0.260 e. The van der Waals surface area contributed by atoms with Gasteiger partial charge >= 0.3 is 0 Å². The Morgan fingerprint density at radius 3 is 2.81 bits per heavy atom. The summed E-state index contributed by atoms with van der Waals surface area (Å²) in [5.41, 5.74) is 3.93. The van der Waals surface area contributed by atoms with E-state index in [1.54, 1.807) is 18.4 Å². The molecular weight excluding hydrogens is 424 g/mol. The van der Waals surface area contributed by atoms with Crippen LogP contribution in [0.15, 0.2) is 46.4 Å². The van der Waals surface area contributed by atoms with E-state index >= 15 is 0 Å². The number of aryl methyl sites for hydroxylation is 1. The molecule has 168 valence electrons. The second-order valence-corrected chi connectivity index (χ2v) is 8.88. The van der Waals surface area contributed by atoms with E-state index in [0.717, 1.165) is 25.9 Å². The molecular formula is C24H28N4O3S. The molecule has 0 saturated heterocycles. The topological polar surface area (TPSA) is 87.5 Å². The first-order valence-electron chi connectivity index (χ1n) is 10.9. The summed E-state index contributed by atoms with van der Waals surface area (Å²) in [4.78, 5) is 31.6. The third-order valence-electron chi connectivity index (χ3n) is 5.90. The van der Waals surface area contributed by atoms with E-state index in [1.807, 2.05) is 0 Å². The van der Waals surface area contributed by atoms with E-state index in [0.29, 0.717) is 34.7 Å². The van der Waals surface area contributed by atoms with Crippen LogP contribution in [0.1, 0.15) is 46.3 Å². The molecule has 3 heterocycles. The van der Waals surface area contributed by atoms with E-state index < -0.39 is 0 Å². The van der Waals surface area contributed by atoms with Crippen molar-refractivity contribution in [2.45, 2.75) is 45.7 Å². The number of hydrogen-bond donors (Lipinski definition) is 2. The molecule has 4 rings (SSSR count). The number of anilines is 1. The van der Waals surface area contributed by atoms with Crippen LogP contribution < -0.4 is 10.6 Å². The third-order valence-corrected chi connectivity index (χ3v) is 6.71. The second-order valence-electron chi connectivity index (χ2n) is 8.02. The number of furan rings is 1. The molecule has 0 spiro atoms. The van der Waals surface area contributed by atoms with Gasteiger partial charge in [-0.25, -0.2) is 4.98 Å². The van der Waals surface area contributed by atoms with Gasteiger partial charge in [0.2, 0.25) is 5.91 Å². The van der Waals surface area contributed by atoms with Crippen LogP contribution in [0.3, 0.4) is 0 Å². The molecule has 1 aromatic carbocycles. The van der Waals surface area contributed by atoms with Crippen molar-refractivity contribution in [3.8, 4) is 0 Å². The lowest BCUT2D eigenvalue weighted by molar-refractivity contribution is -0.120. The van der Waals surface area contributed by atoms with Crippen LogP contribution in [-0.4, -0.2) is 40.8 Å². The minimum Gasteiger partial charge on any atom is -0.469 e. The zero-order valence-electron chi connectivity index (χ0n) is 18.4. The van der Waals surface area contributed by atoms with Gasteiger partial charge in [-0.3, -0.25) is 19.8 Å². The number of benzene rings is 1. The summed E-state index contributed by atoms with van der Waals surface area (Å²) >= 11 is 1.31. The van der Waals surface area contributed by atoms with Gasteiger partial charge in [-0.2, -0.15) is 0 Å². The molecule has 1 unspecified atom stereocenters. The van der Waals surface area contributed by atoms with Gasteiger partial charge in [0.15, 0.2) is 5.13 Å². The first-order chi connectivity index (χ1) is 15.5. The maximum atomic E-state index is 12.5. The van der Waals surface area contributed by atoms with Crippen molar-refractivity contribution in [2.75, 3.05) is 18.4 Å². The molecule has 0 bridgehead atoms. The summed E-state index contributed by atoms with van der Waals surface area (Å²) in [6.45, 7) is 6.45. The summed E-state index contributed by atoms with van der Waals surface area (Å²) < 4.78 is 5.16. The van der Waals surface area contributed by atoms with Crippen LogP contribution in [0, 0.1) is 6.92 Å².